The molecular weight excluding hydrogens is 444 g/mol. The summed E-state index contributed by atoms with van der Waals surface area (Å²) in [5.41, 5.74) is 1.61. The number of hydrogen-bond donors (Lipinski definition) is 0. The zero-order valence-electron chi connectivity index (χ0n) is 7.79. The summed E-state index contributed by atoms with van der Waals surface area (Å²) in [6.45, 7) is 0. The molecule has 3 aromatic rings. The molecule has 0 saturated carbocycles. The minimum Gasteiger partial charge on any atom is -0.458 e. The van der Waals surface area contributed by atoms with Crippen LogP contribution < -0.4 is 0 Å². The van der Waals surface area contributed by atoms with Crippen LogP contribution >= 0.6 is 15.9 Å². The molecule has 0 spiro atoms. The monoisotopic (exact) mass is 447 g/mol. The van der Waals surface area contributed by atoms with Crippen molar-refractivity contribution < 1.29 is 25.6 Å². The summed E-state index contributed by atoms with van der Waals surface area (Å²) in [5, 5.41) is 3.72. The van der Waals surface area contributed by atoms with E-state index in [0.29, 0.717) is 5.82 Å². The fraction of sp³-hybridized carbons (Fsp3) is 0. The molecule has 16 heavy (non-hydrogen) atoms. The van der Waals surface area contributed by atoms with E-state index >= 15 is 0 Å². The van der Waals surface area contributed by atoms with Crippen LogP contribution in [0.2, 0.25) is 0 Å². The summed E-state index contributed by atoms with van der Waals surface area (Å²) < 4.78 is 7.42. The van der Waals surface area contributed by atoms with Crippen LogP contribution in [0.5, 0.6) is 0 Å². The number of halogens is 1. The fourth-order valence-corrected chi connectivity index (χ4v) is 1.71. The predicted molar refractivity (Wildman–Crippen MR) is 55.0 cm³/mol. The van der Waals surface area contributed by atoms with Crippen molar-refractivity contribution in [3.05, 3.63) is 35.4 Å². The van der Waals surface area contributed by atoms with Crippen LogP contribution in [-0.4, -0.2) is 19.5 Å². The van der Waals surface area contributed by atoms with Gasteiger partial charge in [0.25, 0.3) is 0 Å². The van der Waals surface area contributed by atoms with E-state index in [1.54, 1.807) is 6.20 Å². The van der Waals surface area contributed by atoms with Crippen molar-refractivity contribution in [2.75, 3.05) is 0 Å². The second-order valence-corrected chi connectivity index (χ2v) is 3.84. The van der Waals surface area contributed by atoms with E-state index in [9.17, 15) is 0 Å². The Balaban J connectivity index is 0.000000963. The average molecular weight is 448 g/mol. The third-order valence-corrected chi connectivity index (χ3v) is 2.49. The van der Waals surface area contributed by atoms with Crippen LogP contribution in [0.1, 0.15) is 0 Å². The van der Waals surface area contributed by atoms with Gasteiger partial charge in [-0.1, -0.05) is 0 Å². The van der Waals surface area contributed by atoms with Crippen molar-refractivity contribution in [1.29, 1.82) is 0 Å². The van der Waals surface area contributed by atoms with Crippen LogP contribution in [0.15, 0.2) is 33.5 Å². The van der Waals surface area contributed by atoms with Gasteiger partial charge in [-0.15, -0.1) is 0 Å². The maximum absolute atomic E-state index is 4.58. The van der Waals surface area contributed by atoms with Gasteiger partial charge < -0.3 is 13.9 Å². The summed E-state index contributed by atoms with van der Waals surface area (Å²) in [4.78, 5) is 8.08. The van der Waals surface area contributed by atoms with E-state index in [1.807, 2.05) is 22.7 Å². The maximum Gasteiger partial charge on any atom is 0.135 e. The minimum atomic E-state index is 0. The Hall–Kier alpha value is -1.00. The molecule has 5 nitrogen and oxygen atoms in total. The summed E-state index contributed by atoms with van der Waals surface area (Å²) in [6, 6.07) is 3.83. The van der Waals surface area contributed by atoms with E-state index in [-0.39, 0.29) is 21.1 Å². The third kappa shape index (κ3) is 1.83. The number of aromatic nitrogens is 4. The molecule has 0 aliphatic rings. The first-order chi connectivity index (χ1) is 7.34. The molecule has 0 N–H and O–H groups in total. The second-order valence-electron chi connectivity index (χ2n) is 2.93. The van der Waals surface area contributed by atoms with Crippen LogP contribution in [0.4, 0.5) is 0 Å². The van der Waals surface area contributed by atoms with E-state index in [1.165, 1.54) is 0 Å². The summed E-state index contributed by atoms with van der Waals surface area (Å²) in [5.74, 6) is 0.473. The number of pyridine rings is 1. The molecule has 0 radical (unpaired) electrons. The van der Waals surface area contributed by atoms with Crippen molar-refractivity contribution in [3.8, 4) is 11.5 Å². The Morgan fingerprint density at radius 2 is 2.25 bits per heavy atom. The SMILES string of the molecule is Brc1ccc2ncc(-c3n[c-]on3)n2c1.[W]. The summed E-state index contributed by atoms with van der Waals surface area (Å²) in [6.07, 6.45) is 5.90. The molecule has 0 atom stereocenters. The molecule has 0 fully saturated rings. The van der Waals surface area contributed by atoms with Gasteiger partial charge >= 0.3 is 0 Å². The Bertz CT molecular complexity index is 607. The van der Waals surface area contributed by atoms with Gasteiger partial charge in [0, 0.05) is 43.6 Å². The standard InChI is InChI=1S/C9H4BrN4O.W/c10-6-1-2-8-11-3-7(14(8)4-6)9-12-5-15-13-9;/h1-4H;/q-1;. The van der Waals surface area contributed by atoms with E-state index in [0.717, 1.165) is 15.8 Å². The molecule has 80 valence electrons. The Kier molecular flexibility index (Phi) is 3.21. The van der Waals surface area contributed by atoms with Gasteiger partial charge in [-0.2, -0.15) is 5.16 Å². The molecule has 3 heterocycles. The molecular formula is C9H4BrN4OW-. The Morgan fingerprint density at radius 3 is 3.00 bits per heavy atom. The average Bonchev–Trinajstić information content (AvgIpc) is 2.83. The number of hydrogen-bond acceptors (Lipinski definition) is 4. The van der Waals surface area contributed by atoms with Crippen molar-refractivity contribution in [2.24, 2.45) is 0 Å². The molecule has 0 aromatic carbocycles. The molecule has 0 amide bonds. The van der Waals surface area contributed by atoms with Gasteiger partial charge in [-0.05, 0) is 28.1 Å². The molecule has 0 aliphatic carbocycles. The third-order valence-electron chi connectivity index (χ3n) is 2.02. The Labute approximate surface area is 113 Å². The first-order valence-corrected chi connectivity index (χ1v) is 4.96. The quantitative estimate of drug-likeness (QED) is 0.535. The number of nitrogens with zero attached hydrogens (tertiary/aromatic N) is 4. The first kappa shape index (κ1) is 11.5. The Morgan fingerprint density at radius 1 is 1.38 bits per heavy atom. The number of fused-ring (bicyclic) bond motifs is 1. The number of imidazole rings is 1. The summed E-state index contributed by atoms with van der Waals surface area (Å²) >= 11 is 3.39. The molecule has 0 aliphatic heterocycles. The summed E-state index contributed by atoms with van der Waals surface area (Å²) in [7, 11) is 0. The maximum atomic E-state index is 4.58. The molecule has 0 bridgehead atoms. The van der Waals surface area contributed by atoms with Gasteiger partial charge in [-0.3, -0.25) is 0 Å². The van der Waals surface area contributed by atoms with Crippen molar-refractivity contribution in [3.63, 3.8) is 0 Å². The fourth-order valence-electron chi connectivity index (χ4n) is 1.37. The van der Waals surface area contributed by atoms with Crippen LogP contribution in [-0.2, 0) is 21.1 Å². The topological polar surface area (TPSA) is 56.2 Å². The first-order valence-electron chi connectivity index (χ1n) is 4.17. The van der Waals surface area contributed by atoms with E-state index in [2.05, 4.69) is 42.0 Å². The number of rotatable bonds is 1. The zero-order chi connectivity index (χ0) is 10.3. The van der Waals surface area contributed by atoms with Crippen LogP contribution in [0.25, 0.3) is 17.2 Å². The van der Waals surface area contributed by atoms with Gasteiger partial charge in [0.15, 0.2) is 0 Å². The largest absolute Gasteiger partial charge is 0.458 e. The van der Waals surface area contributed by atoms with Gasteiger partial charge in [0.2, 0.25) is 0 Å². The molecule has 7 heteroatoms. The molecule has 0 unspecified atom stereocenters. The predicted octanol–water partition coefficient (Wildman–Crippen LogP) is 1.94. The van der Waals surface area contributed by atoms with Crippen molar-refractivity contribution in [1.82, 2.24) is 19.5 Å². The van der Waals surface area contributed by atoms with E-state index < -0.39 is 0 Å². The second kappa shape index (κ2) is 4.47. The molecule has 3 rings (SSSR count). The smallest absolute Gasteiger partial charge is 0.135 e. The molecule has 0 saturated heterocycles. The molecule has 3 aromatic heterocycles. The van der Waals surface area contributed by atoms with Crippen LogP contribution in [0, 0.1) is 6.39 Å². The minimum absolute atomic E-state index is 0. The van der Waals surface area contributed by atoms with Gasteiger partial charge in [0.05, 0.1) is 12.2 Å². The van der Waals surface area contributed by atoms with Gasteiger partial charge in [0.1, 0.15) is 5.65 Å². The van der Waals surface area contributed by atoms with E-state index in [4.69, 9.17) is 0 Å². The van der Waals surface area contributed by atoms with Crippen molar-refractivity contribution in [2.45, 2.75) is 0 Å². The van der Waals surface area contributed by atoms with Crippen molar-refractivity contribution >= 4 is 21.6 Å². The van der Waals surface area contributed by atoms with Gasteiger partial charge in [-0.25, -0.2) is 4.98 Å². The van der Waals surface area contributed by atoms with Crippen LogP contribution in [0.3, 0.4) is 0 Å². The zero-order valence-corrected chi connectivity index (χ0v) is 12.3. The normalized spacial score (nSPS) is 10.3.